The zero-order valence-electron chi connectivity index (χ0n) is 22.0. The van der Waals surface area contributed by atoms with E-state index in [1.807, 2.05) is 58.0 Å². The van der Waals surface area contributed by atoms with Crippen LogP contribution in [0.15, 0.2) is 39.9 Å². The highest BCUT2D eigenvalue weighted by molar-refractivity contribution is 7.19. The van der Waals surface area contributed by atoms with Gasteiger partial charge in [-0.3, -0.25) is 28.7 Å². The summed E-state index contributed by atoms with van der Waals surface area (Å²) in [6.07, 6.45) is -0.822. The van der Waals surface area contributed by atoms with Gasteiger partial charge in [-0.15, -0.1) is 11.3 Å². The van der Waals surface area contributed by atoms with Gasteiger partial charge in [0.1, 0.15) is 17.5 Å². The molecule has 38 heavy (non-hydrogen) atoms. The molecule has 200 valence electrons. The van der Waals surface area contributed by atoms with Gasteiger partial charge in [0.2, 0.25) is 0 Å². The summed E-state index contributed by atoms with van der Waals surface area (Å²) in [5.41, 5.74) is 2.64. The van der Waals surface area contributed by atoms with Crippen LogP contribution in [0.25, 0.3) is 10.2 Å². The molecule has 1 aliphatic heterocycles. The number of hydrogen-bond acceptors (Lipinski definition) is 7. The number of fused-ring (bicyclic) bond motifs is 1. The molecule has 4 heterocycles. The minimum atomic E-state index is -0.822. The summed E-state index contributed by atoms with van der Waals surface area (Å²) >= 11 is 1.28. The number of β-amino-alcohol motifs (C(OH)–C–C–N with tert-alkyl or cyclic N) is 1. The number of rotatable bonds is 6. The summed E-state index contributed by atoms with van der Waals surface area (Å²) in [5.74, 6) is -0.834. The third kappa shape index (κ3) is 4.30. The number of hydroxylamine groups is 2. The first-order chi connectivity index (χ1) is 18.1. The summed E-state index contributed by atoms with van der Waals surface area (Å²) in [6, 6.07) is 9.72. The number of thiophene rings is 1. The quantitative estimate of drug-likeness (QED) is 0.390. The second-order valence-electron chi connectivity index (χ2n) is 10.2. The number of nitrogens with zero attached hydrogens (tertiary/aromatic N) is 4. The van der Waals surface area contributed by atoms with Crippen LogP contribution < -0.4 is 11.2 Å². The van der Waals surface area contributed by atoms with E-state index in [-0.39, 0.29) is 30.0 Å². The maximum atomic E-state index is 14.1. The van der Waals surface area contributed by atoms with E-state index in [0.717, 1.165) is 32.1 Å². The van der Waals surface area contributed by atoms with Gasteiger partial charge in [0.05, 0.1) is 23.2 Å². The molecule has 11 heteroatoms. The number of nitrogens with one attached hydrogen (secondary N) is 1. The summed E-state index contributed by atoms with van der Waals surface area (Å²) in [4.78, 5) is 47.6. The van der Waals surface area contributed by atoms with Gasteiger partial charge in [0, 0.05) is 35.6 Å². The smallest absolute Gasteiger partial charge is 0.331 e. The van der Waals surface area contributed by atoms with E-state index in [4.69, 9.17) is 4.84 Å². The Morgan fingerprint density at radius 2 is 1.95 bits per heavy atom. The van der Waals surface area contributed by atoms with Gasteiger partial charge in [0.15, 0.2) is 0 Å². The number of carbonyl (C=O) groups is 1. The molecule has 4 aromatic rings. The molecule has 0 radical (unpaired) electrons. The second kappa shape index (κ2) is 9.97. The molecule has 2 unspecified atom stereocenters. The predicted octanol–water partition coefficient (Wildman–Crippen LogP) is 2.69. The molecule has 1 fully saturated rings. The van der Waals surface area contributed by atoms with Gasteiger partial charge in [-0.25, -0.2) is 9.86 Å². The van der Waals surface area contributed by atoms with Crippen molar-refractivity contribution >= 4 is 27.5 Å². The normalized spacial score (nSPS) is 16.6. The Balaban J connectivity index is 1.91. The standard InChI is InChI=1S/C27H31N5O5S/c1-14(2)11-31-26-22(24(34)30(5)27(31)36)21(25(35)32-12-18(33)13-37-32)23(38-26)20(17-9-7-6-8-10-17)19-15(3)28-29-16(19)4/h6-10,14,18,20,33H,11-13H2,1-5H3,(H,28,29). The average molecular weight is 538 g/mol. The lowest BCUT2D eigenvalue weighted by molar-refractivity contribution is -0.0778. The molecule has 2 atom stereocenters. The van der Waals surface area contributed by atoms with Crippen molar-refractivity contribution in [1.29, 1.82) is 0 Å². The number of aromatic nitrogens is 4. The third-order valence-electron chi connectivity index (χ3n) is 6.85. The van der Waals surface area contributed by atoms with Crippen molar-refractivity contribution in [2.75, 3.05) is 13.2 Å². The molecule has 0 bridgehead atoms. The van der Waals surface area contributed by atoms with Crippen LogP contribution >= 0.6 is 11.3 Å². The Morgan fingerprint density at radius 3 is 2.53 bits per heavy atom. The molecule has 2 N–H and O–H groups in total. The first kappa shape index (κ1) is 26.1. The molecule has 0 saturated carbocycles. The number of carbonyl (C=O) groups excluding carboxylic acids is 1. The van der Waals surface area contributed by atoms with Crippen molar-refractivity contribution in [3.05, 3.63) is 84.1 Å². The molecular formula is C27H31N5O5S. The molecule has 0 spiro atoms. The first-order valence-corrected chi connectivity index (χ1v) is 13.4. The van der Waals surface area contributed by atoms with Gasteiger partial charge >= 0.3 is 5.69 Å². The highest BCUT2D eigenvalue weighted by Crippen LogP contribution is 2.43. The molecular weight excluding hydrogens is 506 g/mol. The van der Waals surface area contributed by atoms with Crippen LogP contribution in [0.2, 0.25) is 0 Å². The second-order valence-corrected chi connectivity index (χ2v) is 11.2. The van der Waals surface area contributed by atoms with Gasteiger partial charge in [-0.2, -0.15) is 5.10 Å². The minimum Gasteiger partial charge on any atom is -0.389 e. The van der Waals surface area contributed by atoms with Crippen molar-refractivity contribution in [2.24, 2.45) is 13.0 Å². The Kier molecular flexibility index (Phi) is 6.84. The highest BCUT2D eigenvalue weighted by atomic mass is 32.1. The summed E-state index contributed by atoms with van der Waals surface area (Å²) in [7, 11) is 1.43. The maximum absolute atomic E-state index is 14.1. The number of hydrogen-bond donors (Lipinski definition) is 2. The van der Waals surface area contributed by atoms with Crippen molar-refractivity contribution < 1.29 is 14.7 Å². The van der Waals surface area contributed by atoms with Gasteiger partial charge in [-0.1, -0.05) is 44.2 Å². The van der Waals surface area contributed by atoms with Crippen LogP contribution in [0, 0.1) is 19.8 Å². The number of benzene rings is 1. The van der Waals surface area contributed by atoms with E-state index in [0.29, 0.717) is 16.3 Å². The molecule has 0 aliphatic carbocycles. The van der Waals surface area contributed by atoms with Gasteiger partial charge in [-0.05, 0) is 25.3 Å². The first-order valence-electron chi connectivity index (χ1n) is 12.6. The van der Waals surface area contributed by atoms with Crippen LogP contribution in [0.4, 0.5) is 0 Å². The van der Waals surface area contributed by atoms with E-state index < -0.39 is 29.2 Å². The largest absolute Gasteiger partial charge is 0.389 e. The Hall–Kier alpha value is -3.54. The topological polar surface area (TPSA) is 122 Å². The number of H-pyrrole nitrogens is 1. The van der Waals surface area contributed by atoms with E-state index in [2.05, 4.69) is 10.2 Å². The molecule has 10 nitrogen and oxygen atoms in total. The molecule has 1 aliphatic rings. The Bertz CT molecular complexity index is 1610. The van der Waals surface area contributed by atoms with Crippen LogP contribution in [0.3, 0.4) is 0 Å². The number of amides is 1. The molecule has 3 aromatic heterocycles. The van der Waals surface area contributed by atoms with Crippen LogP contribution in [0.5, 0.6) is 0 Å². The zero-order chi connectivity index (χ0) is 27.3. The van der Waals surface area contributed by atoms with Gasteiger partial charge in [0.25, 0.3) is 11.5 Å². The van der Waals surface area contributed by atoms with E-state index in [1.165, 1.54) is 18.4 Å². The summed E-state index contributed by atoms with van der Waals surface area (Å²) < 4.78 is 2.65. The monoisotopic (exact) mass is 537 g/mol. The third-order valence-corrected chi connectivity index (χ3v) is 8.13. The van der Waals surface area contributed by atoms with Crippen LogP contribution in [-0.2, 0) is 18.4 Å². The van der Waals surface area contributed by atoms with Crippen molar-refractivity contribution in [1.82, 2.24) is 24.4 Å². The molecule has 1 aromatic carbocycles. The predicted molar refractivity (Wildman–Crippen MR) is 145 cm³/mol. The Labute approximate surface area is 223 Å². The SMILES string of the molecule is Cc1n[nH]c(C)c1C(c1ccccc1)c1sc2c(c1C(=O)N1CC(O)CO1)c(=O)n(C)c(=O)n2CC(C)C. The molecule has 5 rings (SSSR count). The van der Waals surface area contributed by atoms with E-state index in [1.54, 1.807) is 4.57 Å². The number of aliphatic hydroxyl groups is 1. The zero-order valence-corrected chi connectivity index (χ0v) is 22.8. The van der Waals surface area contributed by atoms with Crippen molar-refractivity contribution in [2.45, 2.75) is 46.3 Å². The lowest BCUT2D eigenvalue weighted by Crippen LogP contribution is -2.39. The average Bonchev–Trinajstić information content (AvgIpc) is 3.59. The number of aliphatic hydroxyl groups excluding tert-OH is 1. The van der Waals surface area contributed by atoms with E-state index in [9.17, 15) is 19.5 Å². The van der Waals surface area contributed by atoms with E-state index >= 15 is 0 Å². The Morgan fingerprint density at radius 1 is 1.24 bits per heavy atom. The van der Waals surface area contributed by atoms with Crippen LogP contribution in [0.1, 0.15) is 57.5 Å². The number of aromatic amines is 1. The summed E-state index contributed by atoms with van der Waals surface area (Å²) in [5, 5.41) is 18.8. The van der Waals surface area contributed by atoms with Crippen molar-refractivity contribution in [3.63, 3.8) is 0 Å². The number of aryl methyl sites for hydroxylation is 2. The van der Waals surface area contributed by atoms with Crippen LogP contribution in [-0.4, -0.2) is 54.7 Å². The fraction of sp³-hybridized carbons (Fsp3) is 0.407. The molecule has 1 saturated heterocycles. The minimum absolute atomic E-state index is 0.0126. The van der Waals surface area contributed by atoms with Crippen molar-refractivity contribution in [3.8, 4) is 0 Å². The fourth-order valence-electron chi connectivity index (χ4n) is 5.11. The lowest BCUT2D eigenvalue weighted by atomic mass is 9.86. The van der Waals surface area contributed by atoms with Gasteiger partial charge < -0.3 is 5.11 Å². The summed E-state index contributed by atoms with van der Waals surface area (Å²) in [6.45, 7) is 8.17. The molecule has 1 amide bonds. The lowest BCUT2D eigenvalue weighted by Gasteiger charge is -2.21. The highest BCUT2D eigenvalue weighted by Gasteiger charge is 2.37. The maximum Gasteiger partial charge on any atom is 0.331 e. The fourth-order valence-corrected chi connectivity index (χ4v) is 6.53.